The van der Waals surface area contributed by atoms with E-state index in [9.17, 15) is 9.59 Å². The van der Waals surface area contributed by atoms with Gasteiger partial charge in [0.25, 0.3) is 11.5 Å². The molecule has 166 valence electrons. The highest BCUT2D eigenvalue weighted by Gasteiger charge is 2.28. The maximum atomic E-state index is 13.2. The van der Waals surface area contributed by atoms with Crippen molar-refractivity contribution in [3.05, 3.63) is 70.0 Å². The molecular formula is C24H28N6O2. The van der Waals surface area contributed by atoms with E-state index in [1.807, 2.05) is 50.2 Å². The van der Waals surface area contributed by atoms with Crippen molar-refractivity contribution in [3.63, 3.8) is 0 Å². The summed E-state index contributed by atoms with van der Waals surface area (Å²) in [5, 5.41) is 0. The largest absolute Gasteiger partial charge is 0.363 e. The Bertz CT molecular complexity index is 1190. The number of aryl methyl sites for hydroxylation is 1. The normalized spacial score (nSPS) is 16.1. The van der Waals surface area contributed by atoms with Crippen LogP contribution >= 0.6 is 0 Å². The number of nitrogens with zero attached hydrogens (tertiary/aromatic N) is 6. The summed E-state index contributed by atoms with van der Waals surface area (Å²) in [5.41, 5.74) is 2.59. The molecule has 1 saturated heterocycles. The lowest BCUT2D eigenvalue weighted by atomic mass is 9.93. The number of rotatable bonds is 4. The second kappa shape index (κ2) is 8.90. The van der Waals surface area contributed by atoms with Crippen molar-refractivity contribution in [2.24, 2.45) is 7.05 Å². The quantitative estimate of drug-likeness (QED) is 0.630. The van der Waals surface area contributed by atoms with Crippen LogP contribution in [0.15, 0.2) is 47.5 Å². The maximum absolute atomic E-state index is 13.2. The standard InChI is InChI=1S/C24H28N6O2/c1-16-7-8-19(23(31)29(16)4)24(32)30-13-5-6-18(15-30)20-14-21(28(2)3)27-22(26-20)17-9-11-25-12-10-17/h7-12,14,18H,5-6,13,15H2,1-4H3/t18-/m0/s1. The molecule has 1 fully saturated rings. The van der Waals surface area contributed by atoms with Gasteiger partial charge in [-0.05, 0) is 44.0 Å². The summed E-state index contributed by atoms with van der Waals surface area (Å²) < 4.78 is 1.52. The molecule has 0 bridgehead atoms. The summed E-state index contributed by atoms with van der Waals surface area (Å²) in [4.78, 5) is 43.2. The summed E-state index contributed by atoms with van der Waals surface area (Å²) in [6.07, 6.45) is 5.23. The second-order valence-corrected chi connectivity index (χ2v) is 8.45. The number of piperidine rings is 1. The Morgan fingerprint density at radius 3 is 2.59 bits per heavy atom. The molecule has 8 heteroatoms. The van der Waals surface area contributed by atoms with Crippen molar-refractivity contribution in [3.8, 4) is 11.4 Å². The van der Waals surface area contributed by atoms with Crippen molar-refractivity contribution in [1.29, 1.82) is 0 Å². The highest BCUT2D eigenvalue weighted by Crippen LogP contribution is 2.30. The molecule has 0 spiro atoms. The van der Waals surface area contributed by atoms with E-state index in [2.05, 4.69) is 4.98 Å². The summed E-state index contributed by atoms with van der Waals surface area (Å²) in [7, 11) is 5.59. The number of carbonyl (C=O) groups excluding carboxylic acids is 1. The van der Waals surface area contributed by atoms with E-state index in [4.69, 9.17) is 9.97 Å². The Morgan fingerprint density at radius 1 is 1.12 bits per heavy atom. The van der Waals surface area contributed by atoms with Crippen LogP contribution in [0.3, 0.4) is 0 Å². The van der Waals surface area contributed by atoms with Crippen molar-refractivity contribution in [2.75, 3.05) is 32.1 Å². The summed E-state index contributed by atoms with van der Waals surface area (Å²) in [5.74, 6) is 1.32. The Kier molecular flexibility index (Phi) is 6.03. The maximum Gasteiger partial charge on any atom is 0.263 e. The lowest BCUT2D eigenvalue weighted by Crippen LogP contribution is -2.42. The summed E-state index contributed by atoms with van der Waals surface area (Å²) in [6.45, 7) is 3.01. The predicted molar refractivity (Wildman–Crippen MR) is 124 cm³/mol. The van der Waals surface area contributed by atoms with E-state index in [0.29, 0.717) is 18.9 Å². The number of aromatic nitrogens is 4. The van der Waals surface area contributed by atoms with Gasteiger partial charge in [0.2, 0.25) is 0 Å². The lowest BCUT2D eigenvalue weighted by Gasteiger charge is -2.33. The van der Waals surface area contributed by atoms with E-state index in [1.165, 1.54) is 4.57 Å². The predicted octanol–water partition coefficient (Wildman–Crippen LogP) is 2.63. The van der Waals surface area contributed by atoms with E-state index < -0.39 is 0 Å². The highest BCUT2D eigenvalue weighted by molar-refractivity contribution is 5.94. The SMILES string of the molecule is Cc1ccc(C(=O)N2CCC[C@H](c3cc(N(C)C)nc(-c4ccncc4)n3)C2)c(=O)n1C. The smallest absolute Gasteiger partial charge is 0.263 e. The van der Waals surface area contributed by atoms with Gasteiger partial charge < -0.3 is 14.4 Å². The number of carbonyl (C=O) groups is 1. The van der Waals surface area contributed by atoms with Gasteiger partial charge in [0.05, 0.1) is 5.69 Å². The van der Waals surface area contributed by atoms with Crippen molar-refractivity contribution < 1.29 is 4.79 Å². The first kappa shape index (κ1) is 21.7. The van der Waals surface area contributed by atoms with E-state index in [-0.39, 0.29) is 22.9 Å². The van der Waals surface area contributed by atoms with Gasteiger partial charge in [0.1, 0.15) is 11.4 Å². The zero-order chi connectivity index (χ0) is 22.8. The minimum absolute atomic E-state index is 0.0734. The number of anilines is 1. The van der Waals surface area contributed by atoms with Gasteiger partial charge in [0, 0.05) is 69.9 Å². The van der Waals surface area contributed by atoms with Gasteiger partial charge in [-0.1, -0.05) is 0 Å². The first-order valence-electron chi connectivity index (χ1n) is 10.8. The number of amides is 1. The van der Waals surface area contributed by atoms with E-state index in [1.54, 1.807) is 30.4 Å². The monoisotopic (exact) mass is 432 g/mol. The Morgan fingerprint density at radius 2 is 1.88 bits per heavy atom. The fraction of sp³-hybridized carbons (Fsp3) is 0.375. The molecule has 1 amide bonds. The molecule has 0 unspecified atom stereocenters. The topological polar surface area (TPSA) is 84.2 Å². The average Bonchev–Trinajstić information content (AvgIpc) is 2.82. The molecule has 0 aliphatic carbocycles. The minimum Gasteiger partial charge on any atom is -0.363 e. The van der Waals surface area contributed by atoms with Crippen LogP contribution in [-0.4, -0.2) is 57.5 Å². The Hall–Kier alpha value is -3.55. The fourth-order valence-corrected chi connectivity index (χ4v) is 3.98. The van der Waals surface area contributed by atoms with Crippen LogP contribution in [0.2, 0.25) is 0 Å². The fourth-order valence-electron chi connectivity index (χ4n) is 3.98. The van der Waals surface area contributed by atoms with Gasteiger partial charge in [-0.3, -0.25) is 14.6 Å². The molecule has 32 heavy (non-hydrogen) atoms. The second-order valence-electron chi connectivity index (χ2n) is 8.45. The number of pyridine rings is 2. The first-order valence-corrected chi connectivity index (χ1v) is 10.8. The first-order chi connectivity index (χ1) is 15.3. The van der Waals surface area contributed by atoms with Gasteiger partial charge in [-0.25, -0.2) is 9.97 Å². The highest BCUT2D eigenvalue weighted by atomic mass is 16.2. The zero-order valence-corrected chi connectivity index (χ0v) is 18.9. The van der Waals surface area contributed by atoms with Crippen LogP contribution in [-0.2, 0) is 7.05 Å². The third-order valence-corrected chi connectivity index (χ3v) is 6.04. The van der Waals surface area contributed by atoms with E-state index in [0.717, 1.165) is 35.6 Å². The lowest BCUT2D eigenvalue weighted by molar-refractivity contribution is 0.0703. The average molecular weight is 433 g/mol. The molecule has 1 atom stereocenters. The third kappa shape index (κ3) is 4.26. The molecular weight excluding hydrogens is 404 g/mol. The molecule has 3 aromatic rings. The van der Waals surface area contributed by atoms with Gasteiger partial charge in [-0.15, -0.1) is 0 Å². The molecule has 4 rings (SSSR count). The van der Waals surface area contributed by atoms with Crippen molar-refractivity contribution in [2.45, 2.75) is 25.7 Å². The molecule has 0 aromatic carbocycles. The van der Waals surface area contributed by atoms with Crippen LogP contribution in [0.4, 0.5) is 5.82 Å². The molecule has 1 aliphatic rings. The molecule has 3 aromatic heterocycles. The summed E-state index contributed by atoms with van der Waals surface area (Å²) in [6, 6.07) is 9.23. The van der Waals surface area contributed by atoms with Gasteiger partial charge >= 0.3 is 0 Å². The summed E-state index contributed by atoms with van der Waals surface area (Å²) >= 11 is 0. The van der Waals surface area contributed by atoms with Crippen LogP contribution in [0.25, 0.3) is 11.4 Å². The van der Waals surface area contributed by atoms with Crippen LogP contribution in [0, 0.1) is 6.92 Å². The Balaban J connectivity index is 1.65. The molecule has 8 nitrogen and oxygen atoms in total. The van der Waals surface area contributed by atoms with Gasteiger partial charge in [-0.2, -0.15) is 0 Å². The van der Waals surface area contributed by atoms with Crippen LogP contribution in [0.5, 0.6) is 0 Å². The van der Waals surface area contributed by atoms with Crippen molar-refractivity contribution >= 4 is 11.7 Å². The molecule has 0 N–H and O–H groups in total. The number of hydrogen-bond acceptors (Lipinski definition) is 6. The molecule has 4 heterocycles. The third-order valence-electron chi connectivity index (χ3n) is 6.04. The van der Waals surface area contributed by atoms with Crippen LogP contribution < -0.4 is 10.5 Å². The number of likely N-dealkylation sites (tertiary alicyclic amines) is 1. The molecule has 0 radical (unpaired) electrons. The number of hydrogen-bond donors (Lipinski definition) is 0. The minimum atomic E-state index is -0.256. The van der Waals surface area contributed by atoms with E-state index >= 15 is 0 Å². The molecule has 1 aliphatic heterocycles. The van der Waals surface area contributed by atoms with Gasteiger partial charge in [0.15, 0.2) is 5.82 Å². The van der Waals surface area contributed by atoms with Crippen molar-refractivity contribution in [1.82, 2.24) is 24.4 Å². The Labute approximate surface area is 187 Å². The molecule has 0 saturated carbocycles. The van der Waals surface area contributed by atoms with Crippen LogP contribution in [0.1, 0.15) is 40.5 Å². The zero-order valence-electron chi connectivity index (χ0n) is 18.9.